The average molecular weight is 325 g/mol. The zero-order valence-electron chi connectivity index (χ0n) is 13.7. The number of benzene rings is 2. The van der Waals surface area contributed by atoms with Crippen molar-refractivity contribution in [1.82, 2.24) is 14.9 Å². The summed E-state index contributed by atoms with van der Waals surface area (Å²) in [6.45, 7) is 0.497. The molecule has 0 spiro atoms. The molecule has 3 rings (SSSR count). The van der Waals surface area contributed by atoms with Crippen LogP contribution < -0.4 is 14.8 Å². The molecule has 0 unspecified atom stereocenters. The van der Waals surface area contributed by atoms with Crippen molar-refractivity contribution < 1.29 is 14.3 Å². The molecule has 0 aliphatic rings. The molecule has 0 bridgehead atoms. The second-order valence-corrected chi connectivity index (χ2v) is 5.42. The number of aryl methyl sites for hydroxylation is 1. The van der Waals surface area contributed by atoms with Gasteiger partial charge in [0.25, 0.3) is 0 Å². The van der Waals surface area contributed by atoms with E-state index in [1.54, 1.807) is 25.6 Å². The number of carbonyl (C=O) groups is 1. The molecule has 3 aromatic rings. The Morgan fingerprint density at radius 2 is 1.92 bits per heavy atom. The number of ether oxygens (including phenoxy) is 2. The molecule has 0 radical (unpaired) electrons. The average Bonchev–Trinajstić information content (AvgIpc) is 2.96. The molecule has 6 nitrogen and oxygen atoms in total. The van der Waals surface area contributed by atoms with Crippen LogP contribution in [0.4, 0.5) is 4.79 Å². The molecule has 0 aliphatic heterocycles. The van der Waals surface area contributed by atoms with Gasteiger partial charge in [0.1, 0.15) is 11.5 Å². The van der Waals surface area contributed by atoms with E-state index in [2.05, 4.69) is 10.3 Å². The van der Waals surface area contributed by atoms with Crippen molar-refractivity contribution in [2.24, 2.45) is 7.05 Å². The zero-order chi connectivity index (χ0) is 16.9. The molecule has 0 saturated heterocycles. The van der Waals surface area contributed by atoms with Gasteiger partial charge in [-0.15, -0.1) is 0 Å². The first kappa shape index (κ1) is 15.9. The lowest BCUT2D eigenvalue weighted by molar-refractivity contribution is 0.200. The topological polar surface area (TPSA) is 65.4 Å². The third-order valence-corrected chi connectivity index (χ3v) is 3.75. The molecular weight excluding hydrogens is 306 g/mol. The number of hydrogen-bond acceptors (Lipinski definition) is 4. The van der Waals surface area contributed by atoms with Crippen molar-refractivity contribution in [2.45, 2.75) is 6.42 Å². The number of imidazole rings is 1. The normalized spacial score (nSPS) is 10.6. The maximum absolute atomic E-state index is 11.9. The molecule has 1 N–H and O–H groups in total. The van der Waals surface area contributed by atoms with E-state index in [4.69, 9.17) is 9.47 Å². The Bertz CT molecular complexity index is 840. The third-order valence-electron chi connectivity index (χ3n) is 3.75. The molecule has 1 heterocycles. The summed E-state index contributed by atoms with van der Waals surface area (Å²) >= 11 is 0. The largest absolute Gasteiger partial charge is 0.497 e. The van der Waals surface area contributed by atoms with E-state index >= 15 is 0 Å². The molecule has 1 aromatic heterocycles. The Balaban J connectivity index is 1.50. The van der Waals surface area contributed by atoms with Gasteiger partial charge in [-0.1, -0.05) is 12.1 Å². The fourth-order valence-electron chi connectivity index (χ4n) is 2.42. The smallest absolute Gasteiger partial charge is 0.412 e. The standard InChI is InChI=1S/C18H19N3O3/c1-21-12-20-16-11-15(7-8-17(16)21)24-18(22)19-10-9-13-3-5-14(23-2)6-4-13/h3-8,11-12H,9-10H2,1-2H3,(H,19,22). The van der Waals surface area contributed by atoms with Gasteiger partial charge in [-0.3, -0.25) is 0 Å². The van der Waals surface area contributed by atoms with Gasteiger partial charge < -0.3 is 19.4 Å². The highest BCUT2D eigenvalue weighted by molar-refractivity contribution is 5.78. The SMILES string of the molecule is COc1ccc(CCNC(=O)Oc2ccc3c(c2)ncn3C)cc1. The summed E-state index contributed by atoms with van der Waals surface area (Å²) in [6.07, 6.45) is 1.97. The van der Waals surface area contributed by atoms with Crippen LogP contribution in [-0.2, 0) is 13.5 Å². The number of nitrogens with one attached hydrogen (secondary N) is 1. The summed E-state index contributed by atoms with van der Waals surface area (Å²) < 4.78 is 12.3. The van der Waals surface area contributed by atoms with E-state index in [0.717, 1.165) is 28.8 Å². The minimum absolute atomic E-state index is 0.473. The quantitative estimate of drug-likeness (QED) is 0.783. The fraction of sp³-hybridized carbons (Fsp3) is 0.222. The van der Waals surface area contributed by atoms with Gasteiger partial charge in [0, 0.05) is 19.7 Å². The van der Waals surface area contributed by atoms with Crippen LogP contribution in [0.25, 0.3) is 11.0 Å². The molecule has 2 aromatic carbocycles. The minimum Gasteiger partial charge on any atom is -0.497 e. The van der Waals surface area contributed by atoms with Crippen LogP contribution in [0.15, 0.2) is 48.8 Å². The van der Waals surface area contributed by atoms with Crippen molar-refractivity contribution >= 4 is 17.1 Å². The zero-order valence-corrected chi connectivity index (χ0v) is 13.7. The number of carbonyl (C=O) groups excluding carboxylic acids is 1. The first-order chi connectivity index (χ1) is 11.7. The summed E-state index contributed by atoms with van der Waals surface area (Å²) in [5, 5.41) is 2.74. The second-order valence-electron chi connectivity index (χ2n) is 5.42. The maximum atomic E-state index is 11.9. The maximum Gasteiger partial charge on any atom is 0.412 e. The summed E-state index contributed by atoms with van der Waals surface area (Å²) in [5.74, 6) is 1.29. The molecule has 24 heavy (non-hydrogen) atoms. The number of methoxy groups -OCH3 is 1. The lowest BCUT2D eigenvalue weighted by Crippen LogP contribution is -2.28. The molecule has 124 valence electrons. The highest BCUT2D eigenvalue weighted by atomic mass is 16.6. The molecule has 0 aliphatic carbocycles. The Hall–Kier alpha value is -3.02. The van der Waals surface area contributed by atoms with E-state index in [1.165, 1.54) is 0 Å². The lowest BCUT2D eigenvalue weighted by Gasteiger charge is -2.07. The number of nitrogens with zero attached hydrogens (tertiary/aromatic N) is 2. The van der Waals surface area contributed by atoms with Crippen molar-refractivity contribution in [1.29, 1.82) is 0 Å². The number of fused-ring (bicyclic) bond motifs is 1. The molecule has 6 heteroatoms. The van der Waals surface area contributed by atoms with Crippen LogP contribution in [0.2, 0.25) is 0 Å². The summed E-state index contributed by atoms with van der Waals surface area (Å²) in [5.41, 5.74) is 2.90. The van der Waals surface area contributed by atoms with E-state index in [1.807, 2.05) is 41.9 Å². The Morgan fingerprint density at radius 1 is 1.17 bits per heavy atom. The predicted octanol–water partition coefficient (Wildman–Crippen LogP) is 2.91. The summed E-state index contributed by atoms with van der Waals surface area (Å²) in [4.78, 5) is 16.1. The van der Waals surface area contributed by atoms with Crippen LogP contribution in [0.3, 0.4) is 0 Å². The van der Waals surface area contributed by atoms with Gasteiger partial charge in [0.2, 0.25) is 0 Å². The van der Waals surface area contributed by atoms with Crippen molar-refractivity contribution in [3.63, 3.8) is 0 Å². The van der Waals surface area contributed by atoms with Crippen molar-refractivity contribution in [3.05, 3.63) is 54.4 Å². The van der Waals surface area contributed by atoms with Crippen LogP contribution in [0, 0.1) is 0 Å². The molecular formula is C18H19N3O3. The van der Waals surface area contributed by atoms with Crippen LogP contribution >= 0.6 is 0 Å². The summed E-state index contributed by atoms with van der Waals surface area (Å²) in [7, 11) is 3.55. The van der Waals surface area contributed by atoms with Gasteiger partial charge in [0.15, 0.2) is 0 Å². The molecule has 0 saturated carbocycles. The Kier molecular flexibility index (Phi) is 4.65. The number of rotatable bonds is 5. The van der Waals surface area contributed by atoms with E-state index in [9.17, 15) is 4.79 Å². The monoisotopic (exact) mass is 325 g/mol. The lowest BCUT2D eigenvalue weighted by atomic mass is 10.1. The Labute approximate surface area is 140 Å². The first-order valence-electron chi connectivity index (χ1n) is 7.65. The van der Waals surface area contributed by atoms with Gasteiger partial charge in [-0.25, -0.2) is 9.78 Å². The van der Waals surface area contributed by atoms with Crippen molar-refractivity contribution in [2.75, 3.05) is 13.7 Å². The number of aromatic nitrogens is 2. The van der Waals surface area contributed by atoms with Gasteiger partial charge >= 0.3 is 6.09 Å². The summed E-state index contributed by atoms with van der Waals surface area (Å²) in [6, 6.07) is 13.1. The minimum atomic E-state index is -0.473. The highest BCUT2D eigenvalue weighted by Crippen LogP contribution is 2.19. The van der Waals surface area contributed by atoms with E-state index in [-0.39, 0.29) is 0 Å². The van der Waals surface area contributed by atoms with Crippen LogP contribution in [-0.4, -0.2) is 29.3 Å². The highest BCUT2D eigenvalue weighted by Gasteiger charge is 2.07. The molecule has 0 atom stereocenters. The van der Waals surface area contributed by atoms with Crippen LogP contribution in [0.5, 0.6) is 11.5 Å². The van der Waals surface area contributed by atoms with E-state index in [0.29, 0.717) is 12.3 Å². The second kappa shape index (κ2) is 7.04. The fourth-order valence-corrected chi connectivity index (χ4v) is 2.42. The third kappa shape index (κ3) is 3.65. The first-order valence-corrected chi connectivity index (χ1v) is 7.65. The van der Waals surface area contributed by atoms with Crippen molar-refractivity contribution in [3.8, 4) is 11.5 Å². The predicted molar refractivity (Wildman–Crippen MR) is 91.4 cm³/mol. The van der Waals surface area contributed by atoms with Crippen LogP contribution in [0.1, 0.15) is 5.56 Å². The van der Waals surface area contributed by atoms with Gasteiger partial charge in [0.05, 0.1) is 24.5 Å². The van der Waals surface area contributed by atoms with Gasteiger partial charge in [-0.05, 0) is 36.2 Å². The van der Waals surface area contributed by atoms with E-state index < -0.39 is 6.09 Å². The molecule has 1 amide bonds. The number of amides is 1. The number of hydrogen-bond donors (Lipinski definition) is 1. The molecule has 0 fully saturated rings. The Morgan fingerprint density at radius 3 is 2.67 bits per heavy atom. The van der Waals surface area contributed by atoms with Gasteiger partial charge in [-0.2, -0.15) is 0 Å².